The van der Waals surface area contributed by atoms with E-state index in [9.17, 15) is 4.79 Å². The number of nitrogens with zero attached hydrogens (tertiary/aromatic N) is 3. The molecule has 1 aromatic carbocycles. The van der Waals surface area contributed by atoms with Crippen LogP contribution in [0.5, 0.6) is 0 Å². The van der Waals surface area contributed by atoms with Gasteiger partial charge in [0.2, 0.25) is 0 Å². The van der Waals surface area contributed by atoms with Crippen LogP contribution in [0, 0.1) is 0 Å². The summed E-state index contributed by atoms with van der Waals surface area (Å²) in [7, 11) is 1.84. The van der Waals surface area contributed by atoms with Crippen LogP contribution in [0.3, 0.4) is 0 Å². The molecule has 0 saturated carbocycles. The van der Waals surface area contributed by atoms with Crippen LogP contribution >= 0.6 is 0 Å². The van der Waals surface area contributed by atoms with Crippen molar-refractivity contribution in [3.8, 4) is 0 Å². The smallest absolute Gasteiger partial charge is 0.335 e. The zero-order chi connectivity index (χ0) is 13.7. The van der Waals surface area contributed by atoms with Crippen molar-refractivity contribution in [1.29, 1.82) is 0 Å². The highest BCUT2D eigenvalue weighted by Gasteiger charge is 2.02. The molecule has 0 unspecified atom stereocenters. The molecule has 0 fully saturated rings. The zero-order valence-corrected chi connectivity index (χ0v) is 10.7. The number of carboxylic acid groups (broad SMARTS) is 1. The molecular weight excluding hydrogens is 244 g/mol. The van der Waals surface area contributed by atoms with Crippen molar-refractivity contribution in [2.24, 2.45) is 7.05 Å². The molecule has 0 radical (unpaired) electrons. The number of nitrogens with one attached hydrogen (secondary N) is 1. The van der Waals surface area contributed by atoms with E-state index >= 15 is 0 Å². The Kier molecular flexibility index (Phi) is 4.25. The molecule has 6 nitrogen and oxygen atoms in total. The van der Waals surface area contributed by atoms with Crippen LogP contribution in [0.2, 0.25) is 0 Å². The molecule has 19 heavy (non-hydrogen) atoms. The van der Waals surface area contributed by atoms with Gasteiger partial charge in [0.15, 0.2) is 5.82 Å². The topological polar surface area (TPSA) is 80.0 Å². The van der Waals surface area contributed by atoms with Crippen molar-refractivity contribution in [1.82, 2.24) is 20.1 Å². The van der Waals surface area contributed by atoms with Crippen LogP contribution in [0.25, 0.3) is 0 Å². The molecule has 0 saturated heterocycles. The van der Waals surface area contributed by atoms with E-state index in [2.05, 4.69) is 15.4 Å². The molecule has 100 valence electrons. The zero-order valence-electron chi connectivity index (χ0n) is 10.7. The summed E-state index contributed by atoms with van der Waals surface area (Å²) in [6.45, 7) is 1.48. The first-order valence-electron chi connectivity index (χ1n) is 6.02. The highest BCUT2D eigenvalue weighted by atomic mass is 16.4. The van der Waals surface area contributed by atoms with Gasteiger partial charge in [-0.2, -0.15) is 5.10 Å². The van der Waals surface area contributed by atoms with Crippen molar-refractivity contribution >= 4 is 5.97 Å². The van der Waals surface area contributed by atoms with Gasteiger partial charge in [-0.1, -0.05) is 12.1 Å². The third-order valence-corrected chi connectivity index (χ3v) is 2.70. The lowest BCUT2D eigenvalue weighted by Gasteiger charge is -2.04. The van der Waals surface area contributed by atoms with Gasteiger partial charge >= 0.3 is 5.97 Å². The Morgan fingerprint density at radius 3 is 2.68 bits per heavy atom. The molecule has 0 atom stereocenters. The van der Waals surface area contributed by atoms with E-state index in [-0.39, 0.29) is 0 Å². The summed E-state index contributed by atoms with van der Waals surface area (Å²) in [5.74, 6) is -0.0861. The monoisotopic (exact) mass is 260 g/mol. The summed E-state index contributed by atoms with van der Waals surface area (Å²) in [5.41, 5.74) is 1.36. The van der Waals surface area contributed by atoms with Gasteiger partial charge in [-0.25, -0.2) is 9.78 Å². The summed E-state index contributed by atoms with van der Waals surface area (Å²) in [6.07, 6.45) is 2.45. The Hall–Kier alpha value is -2.21. The lowest BCUT2D eigenvalue weighted by atomic mass is 10.1. The highest BCUT2D eigenvalue weighted by molar-refractivity contribution is 5.87. The molecule has 0 aliphatic rings. The third-order valence-electron chi connectivity index (χ3n) is 2.70. The summed E-state index contributed by atoms with van der Waals surface area (Å²) in [4.78, 5) is 14.8. The summed E-state index contributed by atoms with van der Waals surface area (Å²) >= 11 is 0. The lowest BCUT2D eigenvalue weighted by molar-refractivity contribution is 0.0697. The standard InChI is InChI=1S/C13H16N4O2/c1-17-9-15-12(16-17)6-7-14-8-10-2-4-11(5-3-10)13(18)19/h2-5,9,14H,6-8H2,1H3,(H,18,19). The Labute approximate surface area is 111 Å². The van der Waals surface area contributed by atoms with Gasteiger partial charge < -0.3 is 10.4 Å². The fraction of sp³-hybridized carbons (Fsp3) is 0.308. The van der Waals surface area contributed by atoms with Crippen molar-refractivity contribution in [3.63, 3.8) is 0 Å². The largest absolute Gasteiger partial charge is 0.478 e. The van der Waals surface area contributed by atoms with Gasteiger partial charge in [-0.3, -0.25) is 4.68 Å². The molecule has 1 heterocycles. The van der Waals surface area contributed by atoms with E-state index in [0.29, 0.717) is 12.1 Å². The van der Waals surface area contributed by atoms with Crippen LogP contribution in [0.15, 0.2) is 30.6 Å². The number of hydrogen-bond donors (Lipinski definition) is 2. The third kappa shape index (κ3) is 3.89. The van der Waals surface area contributed by atoms with Crippen LogP contribution in [-0.2, 0) is 20.0 Å². The maximum atomic E-state index is 10.7. The van der Waals surface area contributed by atoms with Crippen LogP contribution in [0.1, 0.15) is 21.7 Å². The molecule has 0 amide bonds. The SMILES string of the molecule is Cn1cnc(CCNCc2ccc(C(=O)O)cc2)n1. The molecule has 0 bridgehead atoms. The molecule has 0 aliphatic carbocycles. The van der Waals surface area contributed by atoms with Gasteiger partial charge in [0.1, 0.15) is 6.33 Å². The summed E-state index contributed by atoms with van der Waals surface area (Å²) < 4.78 is 1.68. The number of carbonyl (C=O) groups is 1. The minimum absolute atomic E-state index is 0.307. The first-order valence-corrected chi connectivity index (χ1v) is 6.02. The molecule has 2 aromatic rings. The Bertz CT molecular complexity index is 548. The fourth-order valence-corrected chi connectivity index (χ4v) is 1.70. The quantitative estimate of drug-likeness (QED) is 0.752. The van der Waals surface area contributed by atoms with E-state index in [0.717, 1.165) is 24.4 Å². The van der Waals surface area contributed by atoms with Gasteiger partial charge in [-0.15, -0.1) is 0 Å². The molecular formula is C13H16N4O2. The second-order valence-electron chi connectivity index (χ2n) is 4.26. The maximum absolute atomic E-state index is 10.7. The van der Waals surface area contributed by atoms with Crippen molar-refractivity contribution < 1.29 is 9.90 Å². The Morgan fingerprint density at radius 2 is 2.11 bits per heavy atom. The van der Waals surface area contributed by atoms with E-state index in [1.165, 1.54) is 0 Å². The number of rotatable bonds is 6. The average Bonchev–Trinajstić information content (AvgIpc) is 2.81. The normalized spacial score (nSPS) is 10.6. The first kappa shape index (κ1) is 13.2. The number of hydrogen-bond acceptors (Lipinski definition) is 4. The average molecular weight is 260 g/mol. The predicted octanol–water partition coefficient (Wildman–Crippen LogP) is 0.846. The van der Waals surface area contributed by atoms with Gasteiger partial charge in [0, 0.05) is 26.6 Å². The van der Waals surface area contributed by atoms with Gasteiger partial charge in [-0.05, 0) is 17.7 Å². The minimum Gasteiger partial charge on any atom is -0.478 e. The molecule has 0 spiro atoms. The number of aryl methyl sites for hydroxylation is 1. The number of aromatic nitrogens is 3. The molecule has 6 heteroatoms. The number of carboxylic acids is 1. The number of benzene rings is 1. The summed E-state index contributed by atoms with van der Waals surface area (Å²) in [5, 5.41) is 16.2. The van der Waals surface area contributed by atoms with Crippen LogP contribution < -0.4 is 5.32 Å². The minimum atomic E-state index is -0.902. The van der Waals surface area contributed by atoms with E-state index in [4.69, 9.17) is 5.11 Å². The fourth-order valence-electron chi connectivity index (χ4n) is 1.70. The van der Waals surface area contributed by atoms with Crippen molar-refractivity contribution in [3.05, 3.63) is 47.5 Å². The highest BCUT2D eigenvalue weighted by Crippen LogP contribution is 2.04. The first-order chi connectivity index (χ1) is 9.15. The van der Waals surface area contributed by atoms with Crippen LogP contribution in [-0.4, -0.2) is 32.4 Å². The molecule has 2 rings (SSSR count). The van der Waals surface area contributed by atoms with E-state index in [1.807, 2.05) is 19.2 Å². The predicted molar refractivity (Wildman–Crippen MR) is 69.8 cm³/mol. The van der Waals surface area contributed by atoms with E-state index < -0.39 is 5.97 Å². The molecule has 2 N–H and O–H groups in total. The molecule has 0 aliphatic heterocycles. The maximum Gasteiger partial charge on any atom is 0.335 e. The number of aromatic carboxylic acids is 1. The van der Waals surface area contributed by atoms with Gasteiger partial charge in [0.25, 0.3) is 0 Å². The van der Waals surface area contributed by atoms with Crippen LogP contribution in [0.4, 0.5) is 0 Å². The van der Waals surface area contributed by atoms with Crippen molar-refractivity contribution in [2.45, 2.75) is 13.0 Å². The Balaban J connectivity index is 1.75. The second-order valence-corrected chi connectivity index (χ2v) is 4.26. The lowest BCUT2D eigenvalue weighted by Crippen LogP contribution is -2.17. The second kappa shape index (κ2) is 6.10. The molecule has 1 aromatic heterocycles. The van der Waals surface area contributed by atoms with Gasteiger partial charge in [0.05, 0.1) is 5.56 Å². The summed E-state index contributed by atoms with van der Waals surface area (Å²) in [6, 6.07) is 6.85. The Morgan fingerprint density at radius 1 is 1.37 bits per heavy atom. The van der Waals surface area contributed by atoms with E-state index in [1.54, 1.807) is 23.1 Å². The van der Waals surface area contributed by atoms with Crippen molar-refractivity contribution in [2.75, 3.05) is 6.54 Å².